The van der Waals surface area contributed by atoms with E-state index in [4.69, 9.17) is 5.73 Å². The Bertz CT molecular complexity index is 994. The number of hydrogen-bond donors (Lipinski definition) is 4. The zero-order chi connectivity index (χ0) is 23.8. The third-order valence-corrected chi connectivity index (χ3v) is 6.08. The Morgan fingerprint density at radius 2 is 1.73 bits per heavy atom. The van der Waals surface area contributed by atoms with E-state index in [0.29, 0.717) is 43.5 Å². The summed E-state index contributed by atoms with van der Waals surface area (Å²) < 4.78 is 0. The molecule has 6 nitrogen and oxygen atoms in total. The lowest BCUT2D eigenvalue weighted by atomic mass is 9.94. The van der Waals surface area contributed by atoms with Gasteiger partial charge in [-0.3, -0.25) is 9.69 Å². The van der Waals surface area contributed by atoms with Gasteiger partial charge in [0.2, 0.25) is 5.91 Å². The largest absolute Gasteiger partial charge is 0.507 e. The number of nitrogens with zero attached hydrogens (tertiary/aromatic N) is 1. The minimum Gasteiger partial charge on any atom is -0.507 e. The van der Waals surface area contributed by atoms with Crippen molar-refractivity contribution < 1.29 is 15.0 Å². The van der Waals surface area contributed by atoms with E-state index in [1.165, 1.54) is 0 Å². The van der Waals surface area contributed by atoms with Crippen LogP contribution >= 0.6 is 0 Å². The summed E-state index contributed by atoms with van der Waals surface area (Å²) in [4.78, 5) is 14.1. The summed E-state index contributed by atoms with van der Waals surface area (Å²) in [5.41, 5.74) is 9.57. The molecule has 2 aromatic rings. The zero-order valence-electron chi connectivity index (χ0n) is 19.2. The van der Waals surface area contributed by atoms with Crippen LogP contribution in [0.5, 0.6) is 11.5 Å². The molecule has 0 atom stereocenters. The highest BCUT2D eigenvalue weighted by molar-refractivity contribution is 5.78. The van der Waals surface area contributed by atoms with Crippen molar-refractivity contribution in [1.82, 2.24) is 10.2 Å². The van der Waals surface area contributed by atoms with Crippen molar-refractivity contribution in [3.8, 4) is 22.6 Å². The molecule has 3 rings (SSSR count). The lowest BCUT2D eigenvalue weighted by Crippen LogP contribution is -2.44. The fraction of sp³-hybridized carbons (Fsp3) is 0.370. The number of piperidine rings is 1. The second-order valence-corrected chi connectivity index (χ2v) is 8.64. The first-order valence-corrected chi connectivity index (χ1v) is 11.6. The second kappa shape index (κ2) is 11.7. The van der Waals surface area contributed by atoms with E-state index in [-0.39, 0.29) is 23.4 Å². The minimum atomic E-state index is 0.00820. The summed E-state index contributed by atoms with van der Waals surface area (Å²) in [5, 5.41) is 24.8. The predicted octanol–water partition coefficient (Wildman–Crippen LogP) is 3.65. The Hall–Kier alpha value is -3.09. The number of rotatable bonds is 10. The fourth-order valence-corrected chi connectivity index (χ4v) is 4.37. The van der Waals surface area contributed by atoms with Crippen LogP contribution in [0, 0.1) is 0 Å². The van der Waals surface area contributed by atoms with Gasteiger partial charge in [-0.2, -0.15) is 0 Å². The number of phenols is 2. The molecule has 1 aliphatic rings. The van der Waals surface area contributed by atoms with Crippen LogP contribution in [0.15, 0.2) is 55.6 Å². The van der Waals surface area contributed by atoms with Crippen LogP contribution in [0.4, 0.5) is 0 Å². The van der Waals surface area contributed by atoms with E-state index >= 15 is 0 Å². The van der Waals surface area contributed by atoms with Crippen molar-refractivity contribution in [1.29, 1.82) is 0 Å². The standard InChI is InChI=1S/C27H35N3O3/c1-3-5-19-7-8-25(31)23(16-19)24-17-20(6-4-2)15-21(27(24)33)18-30-13-10-22(11-14-30)29-26(32)9-12-28/h3-4,7-8,15-17,22,31,33H,1-2,5-6,9-14,18,28H2,(H,29,32). The van der Waals surface area contributed by atoms with E-state index < -0.39 is 0 Å². The number of nitrogens with one attached hydrogen (secondary N) is 1. The van der Waals surface area contributed by atoms with Crippen molar-refractivity contribution in [2.75, 3.05) is 19.6 Å². The molecule has 6 heteroatoms. The number of hydrogen-bond acceptors (Lipinski definition) is 5. The number of nitrogens with two attached hydrogens (primary N) is 1. The topological polar surface area (TPSA) is 98.8 Å². The predicted molar refractivity (Wildman–Crippen MR) is 133 cm³/mol. The number of aromatic hydroxyl groups is 2. The van der Waals surface area contributed by atoms with Crippen LogP contribution in [0.25, 0.3) is 11.1 Å². The Morgan fingerprint density at radius 3 is 2.39 bits per heavy atom. The van der Waals surface area contributed by atoms with Crippen LogP contribution < -0.4 is 11.1 Å². The molecule has 0 saturated carbocycles. The summed E-state index contributed by atoms with van der Waals surface area (Å²) in [5.74, 6) is 0.329. The number of allylic oxidation sites excluding steroid dienone is 2. The van der Waals surface area contributed by atoms with Gasteiger partial charge < -0.3 is 21.3 Å². The van der Waals surface area contributed by atoms with Crippen molar-refractivity contribution in [3.63, 3.8) is 0 Å². The molecule has 0 bridgehead atoms. The monoisotopic (exact) mass is 449 g/mol. The van der Waals surface area contributed by atoms with Gasteiger partial charge in [-0.15, -0.1) is 13.2 Å². The van der Waals surface area contributed by atoms with E-state index in [2.05, 4.69) is 23.4 Å². The molecule has 5 N–H and O–H groups in total. The minimum absolute atomic E-state index is 0.00820. The molecule has 33 heavy (non-hydrogen) atoms. The van der Waals surface area contributed by atoms with Crippen molar-refractivity contribution in [2.24, 2.45) is 5.73 Å². The van der Waals surface area contributed by atoms with E-state index in [9.17, 15) is 15.0 Å². The summed E-state index contributed by atoms with van der Waals surface area (Å²) in [6, 6.07) is 9.54. The molecule has 2 aromatic carbocycles. The second-order valence-electron chi connectivity index (χ2n) is 8.64. The first-order valence-electron chi connectivity index (χ1n) is 11.6. The highest BCUT2D eigenvalue weighted by Gasteiger charge is 2.22. The van der Waals surface area contributed by atoms with Gasteiger partial charge in [0.1, 0.15) is 11.5 Å². The van der Waals surface area contributed by atoms with Gasteiger partial charge in [-0.1, -0.05) is 24.3 Å². The van der Waals surface area contributed by atoms with Gasteiger partial charge in [-0.25, -0.2) is 0 Å². The van der Waals surface area contributed by atoms with E-state index in [0.717, 1.165) is 42.6 Å². The number of benzene rings is 2. The SMILES string of the molecule is C=CCc1ccc(O)c(-c2cc(CC=C)cc(CN3CCC(NC(=O)CCN)CC3)c2O)c1. The van der Waals surface area contributed by atoms with Gasteiger partial charge in [0.05, 0.1) is 0 Å². The molecule has 1 fully saturated rings. The number of phenolic OH excluding ortho intramolecular Hbond substituents is 2. The summed E-state index contributed by atoms with van der Waals surface area (Å²) in [6.45, 7) is 10.3. The van der Waals surface area contributed by atoms with Gasteiger partial charge in [0.25, 0.3) is 0 Å². The fourth-order valence-electron chi connectivity index (χ4n) is 4.37. The van der Waals surface area contributed by atoms with Gasteiger partial charge in [-0.05, 0) is 55.0 Å². The molecule has 0 radical (unpaired) electrons. The van der Waals surface area contributed by atoms with Gasteiger partial charge in [0, 0.05) is 55.3 Å². The van der Waals surface area contributed by atoms with Crippen LogP contribution in [0.1, 0.15) is 36.0 Å². The molecule has 1 saturated heterocycles. The van der Waals surface area contributed by atoms with Gasteiger partial charge in [0.15, 0.2) is 0 Å². The smallest absolute Gasteiger partial charge is 0.221 e. The molecule has 1 aliphatic heterocycles. The third kappa shape index (κ3) is 6.46. The third-order valence-electron chi connectivity index (χ3n) is 6.08. The molecule has 1 heterocycles. The molecule has 176 valence electrons. The summed E-state index contributed by atoms with van der Waals surface area (Å²) in [7, 11) is 0. The number of likely N-dealkylation sites (tertiary alicyclic amines) is 1. The normalized spacial score (nSPS) is 14.7. The maximum atomic E-state index is 11.8. The average molecular weight is 450 g/mol. The Balaban J connectivity index is 1.82. The van der Waals surface area contributed by atoms with Crippen molar-refractivity contribution in [2.45, 2.75) is 44.7 Å². The van der Waals surface area contributed by atoms with Crippen molar-refractivity contribution >= 4 is 5.91 Å². The molecular formula is C27H35N3O3. The van der Waals surface area contributed by atoms with E-state index in [1.54, 1.807) is 6.07 Å². The highest BCUT2D eigenvalue weighted by atomic mass is 16.3. The van der Waals surface area contributed by atoms with Crippen LogP contribution in [0.3, 0.4) is 0 Å². The number of amides is 1. The first-order chi connectivity index (χ1) is 15.9. The lowest BCUT2D eigenvalue weighted by molar-refractivity contribution is -0.121. The van der Waals surface area contributed by atoms with Crippen LogP contribution in [-0.4, -0.2) is 46.7 Å². The first kappa shape index (κ1) is 24.6. The van der Waals surface area contributed by atoms with Gasteiger partial charge >= 0.3 is 0 Å². The van der Waals surface area contributed by atoms with Crippen molar-refractivity contribution in [3.05, 3.63) is 72.3 Å². The van der Waals surface area contributed by atoms with Crippen LogP contribution in [-0.2, 0) is 24.2 Å². The average Bonchev–Trinajstić information content (AvgIpc) is 2.79. The maximum absolute atomic E-state index is 11.8. The highest BCUT2D eigenvalue weighted by Crippen LogP contribution is 2.39. The molecular weight excluding hydrogens is 414 g/mol. The molecule has 0 aromatic heterocycles. The molecule has 0 aliphatic carbocycles. The quantitative estimate of drug-likeness (QED) is 0.415. The molecule has 1 amide bonds. The summed E-state index contributed by atoms with van der Waals surface area (Å²) in [6.07, 6.45) is 7.09. The molecule has 0 spiro atoms. The number of carbonyl (C=O) groups excluding carboxylic acids is 1. The van der Waals surface area contributed by atoms with Crippen LogP contribution in [0.2, 0.25) is 0 Å². The zero-order valence-corrected chi connectivity index (χ0v) is 19.2. The van der Waals surface area contributed by atoms with E-state index in [1.807, 2.05) is 36.4 Å². The Labute approximate surface area is 196 Å². The number of carbonyl (C=O) groups is 1. The lowest BCUT2D eigenvalue weighted by Gasteiger charge is -2.32. The Morgan fingerprint density at radius 1 is 1.06 bits per heavy atom. The Kier molecular flexibility index (Phi) is 8.69. The summed E-state index contributed by atoms with van der Waals surface area (Å²) >= 11 is 0. The molecule has 0 unspecified atom stereocenters. The maximum Gasteiger partial charge on any atom is 0.221 e.